The highest BCUT2D eigenvalue weighted by Crippen LogP contribution is 2.42. The van der Waals surface area contributed by atoms with Crippen molar-refractivity contribution in [3.05, 3.63) is 75.5 Å². The number of methoxy groups -OCH3 is 1. The molecule has 0 aliphatic heterocycles. The van der Waals surface area contributed by atoms with Crippen molar-refractivity contribution < 1.29 is 47.7 Å². The molecule has 2 N–H and O–H groups in total. The van der Waals surface area contributed by atoms with E-state index in [0.29, 0.717) is 24.3 Å². The largest absolute Gasteiger partial charge is 0.466 e. The summed E-state index contributed by atoms with van der Waals surface area (Å²) in [4.78, 5) is 79.9. The molecule has 2 amide bonds. The number of halogens is 6. The third kappa shape index (κ3) is 14.4. The number of aromatic nitrogens is 3. The minimum Gasteiger partial charge on any atom is -0.466 e. The lowest BCUT2D eigenvalue weighted by Gasteiger charge is -2.18. The molecule has 4 rings (SSSR count). The molecule has 0 aliphatic carbocycles. The Balaban J connectivity index is 1.51. The van der Waals surface area contributed by atoms with E-state index in [1.807, 2.05) is 0 Å². The van der Waals surface area contributed by atoms with Crippen molar-refractivity contribution in [2.45, 2.75) is 103 Å². The molecule has 3 aromatic carbocycles. The normalized spacial score (nSPS) is 12.5. The Morgan fingerprint density at radius 2 is 1.05 bits per heavy atom. The maximum atomic E-state index is 14.2. The number of rotatable bonds is 22. The number of nitrogens with one attached hydrogen (secondary N) is 2. The van der Waals surface area contributed by atoms with Gasteiger partial charge in [0, 0.05) is 8.95 Å². The summed E-state index contributed by atoms with van der Waals surface area (Å²) in [5.74, 6) is -5.37. The monoisotopic (exact) mass is 1160 g/mol. The second-order valence-corrected chi connectivity index (χ2v) is 18.2. The lowest BCUT2D eigenvalue weighted by atomic mass is 10.1. The van der Waals surface area contributed by atoms with Crippen LogP contribution in [-0.2, 0) is 38.1 Å². The topological polar surface area (TPSA) is 194 Å². The Morgan fingerprint density at radius 3 is 1.48 bits per heavy atom. The van der Waals surface area contributed by atoms with Gasteiger partial charge >= 0.3 is 23.9 Å². The zero-order valence-corrected chi connectivity index (χ0v) is 42.5. The summed E-state index contributed by atoms with van der Waals surface area (Å²) in [5, 5.41) is 14.0. The van der Waals surface area contributed by atoms with Crippen LogP contribution < -0.4 is 10.6 Å². The van der Waals surface area contributed by atoms with Gasteiger partial charge in [-0.1, -0.05) is 87.9 Å². The number of hydrogen-bond donors (Lipinski definition) is 2. The lowest BCUT2D eigenvalue weighted by molar-refractivity contribution is -0.153. The third-order valence-corrected chi connectivity index (χ3v) is 14.8. The highest BCUT2D eigenvalue weighted by Gasteiger charge is 2.34. The molecule has 0 spiro atoms. The molecular weight excluding hydrogens is 1130 g/mol. The first-order chi connectivity index (χ1) is 30.0. The third-order valence-electron chi connectivity index (χ3n) is 9.45. The summed E-state index contributed by atoms with van der Waals surface area (Å²) in [6, 6.07) is 5.79. The maximum absolute atomic E-state index is 14.2. The van der Waals surface area contributed by atoms with Gasteiger partial charge in [0.1, 0.15) is 11.0 Å². The van der Waals surface area contributed by atoms with E-state index in [0.717, 1.165) is 31.2 Å². The number of carbonyl (C=O) groups excluding carboxylic acids is 6. The molecule has 1 aromatic heterocycles. The first kappa shape index (κ1) is 52.0. The van der Waals surface area contributed by atoms with Gasteiger partial charge in [-0.05, 0) is 120 Å². The highest BCUT2D eigenvalue weighted by molar-refractivity contribution is 9.15. The number of ether oxygens (including phenoxy) is 4. The van der Waals surface area contributed by atoms with E-state index in [9.17, 15) is 28.8 Å². The average molecular weight is 1170 g/mol. The molecule has 63 heavy (non-hydrogen) atoms. The molecule has 0 saturated carbocycles. The second-order valence-electron chi connectivity index (χ2n) is 14.2. The fourth-order valence-corrected chi connectivity index (χ4v) is 8.52. The number of carbonyl (C=O) groups is 6. The Labute approximate surface area is 407 Å². The standard InChI is InChI=1S/C42H45Br4Cl2N5O10/c1-5-6-7-8-9-10-11-12-13-14-19-61-40(57)23(3)63-42(59)25-16-18-27(48)29(21-25)50-38(55)36(53-51-34-32(45)30(43)31(44)33(46)35(34)52-53)37(54)49-28-20-24(15-17-26(28)47)41(58)62-22(2)39(56)60-4/h15-18,20-23,36H,5-14,19H2,1-4H3,(H,49,54)(H,50,55). The number of benzene rings is 3. The molecule has 0 bridgehead atoms. The maximum Gasteiger partial charge on any atom is 0.347 e. The quantitative estimate of drug-likeness (QED) is 0.0189. The zero-order valence-electron chi connectivity index (χ0n) is 34.7. The Kier molecular flexibility index (Phi) is 20.8. The Morgan fingerprint density at radius 1 is 0.635 bits per heavy atom. The van der Waals surface area contributed by atoms with Gasteiger partial charge in [-0.15, -0.1) is 0 Å². The van der Waals surface area contributed by atoms with Crippen LogP contribution in [0.2, 0.25) is 10.0 Å². The van der Waals surface area contributed by atoms with Crippen molar-refractivity contribution in [3.63, 3.8) is 0 Å². The SMILES string of the molecule is CCCCCCCCCCCCOC(=O)C(C)OC(=O)c1ccc(Cl)c(NC(=O)C(C(=O)Nc2cc(C(=O)OC(C)C(=O)OC)ccc2Cl)n2nc3c(Br)c(Br)c(Br)c(Br)c3n2)c1. The van der Waals surface area contributed by atoms with Crippen molar-refractivity contribution in [3.8, 4) is 0 Å². The molecule has 0 saturated heterocycles. The number of amides is 2. The van der Waals surface area contributed by atoms with Crippen LogP contribution in [0.4, 0.5) is 11.4 Å². The molecule has 3 unspecified atom stereocenters. The van der Waals surface area contributed by atoms with E-state index in [1.165, 1.54) is 88.8 Å². The van der Waals surface area contributed by atoms with E-state index >= 15 is 0 Å². The van der Waals surface area contributed by atoms with Crippen molar-refractivity contribution >= 4 is 145 Å². The van der Waals surface area contributed by atoms with Gasteiger partial charge in [-0.3, -0.25) is 9.59 Å². The molecule has 15 nitrogen and oxygen atoms in total. The average Bonchev–Trinajstić information content (AvgIpc) is 3.70. The number of fused-ring (bicyclic) bond motifs is 1. The van der Waals surface area contributed by atoms with Crippen LogP contribution in [0, 0.1) is 0 Å². The zero-order chi connectivity index (χ0) is 46.4. The van der Waals surface area contributed by atoms with Gasteiger partial charge in [-0.25, -0.2) is 19.2 Å². The predicted octanol–water partition coefficient (Wildman–Crippen LogP) is 11.3. The summed E-state index contributed by atoms with van der Waals surface area (Å²) >= 11 is 26.8. The minimum absolute atomic E-state index is 0.0182. The van der Waals surface area contributed by atoms with Gasteiger partial charge in [0.15, 0.2) is 12.2 Å². The van der Waals surface area contributed by atoms with Gasteiger partial charge < -0.3 is 29.6 Å². The molecule has 4 aromatic rings. The number of anilines is 2. The summed E-state index contributed by atoms with van der Waals surface area (Å²) < 4.78 is 22.5. The summed E-state index contributed by atoms with van der Waals surface area (Å²) in [7, 11) is 1.14. The smallest absolute Gasteiger partial charge is 0.347 e. The number of esters is 4. The number of hydrogen-bond acceptors (Lipinski definition) is 12. The molecule has 0 fully saturated rings. The van der Waals surface area contributed by atoms with Gasteiger partial charge in [0.05, 0.1) is 55.2 Å². The second kappa shape index (κ2) is 25.2. The number of unbranched alkanes of at least 4 members (excludes halogenated alkanes) is 9. The van der Waals surface area contributed by atoms with E-state index in [4.69, 9.17) is 37.4 Å². The van der Waals surface area contributed by atoms with Crippen molar-refractivity contribution in [2.75, 3.05) is 24.4 Å². The van der Waals surface area contributed by atoms with E-state index in [-0.39, 0.29) is 50.2 Å². The fraction of sp³-hybridized carbons (Fsp3) is 0.429. The molecule has 21 heteroatoms. The summed E-state index contributed by atoms with van der Waals surface area (Å²) in [6.45, 7) is 5.12. The molecule has 0 radical (unpaired) electrons. The van der Waals surface area contributed by atoms with Crippen molar-refractivity contribution in [2.24, 2.45) is 0 Å². The molecule has 0 aliphatic rings. The van der Waals surface area contributed by atoms with E-state index < -0.39 is 53.9 Å². The fourth-order valence-electron chi connectivity index (χ4n) is 5.96. The van der Waals surface area contributed by atoms with Gasteiger partial charge in [-0.2, -0.15) is 15.0 Å². The van der Waals surface area contributed by atoms with Crippen LogP contribution in [0.3, 0.4) is 0 Å². The minimum atomic E-state index is -1.89. The van der Waals surface area contributed by atoms with Crippen molar-refractivity contribution in [1.29, 1.82) is 0 Å². The van der Waals surface area contributed by atoms with Crippen LogP contribution in [0.15, 0.2) is 54.3 Å². The summed E-state index contributed by atoms with van der Waals surface area (Å²) in [6.07, 6.45) is 8.82. The van der Waals surface area contributed by atoms with E-state index in [2.05, 4.69) is 96.2 Å². The molecule has 1 heterocycles. The van der Waals surface area contributed by atoms with Crippen LogP contribution in [0.25, 0.3) is 11.0 Å². The molecule has 340 valence electrons. The Hall–Kier alpha value is -3.62. The van der Waals surface area contributed by atoms with Crippen molar-refractivity contribution in [1.82, 2.24) is 15.0 Å². The highest BCUT2D eigenvalue weighted by atomic mass is 79.9. The first-order valence-corrected chi connectivity index (χ1v) is 23.9. The predicted molar refractivity (Wildman–Crippen MR) is 252 cm³/mol. The van der Waals surface area contributed by atoms with Gasteiger partial charge in [0.2, 0.25) is 6.04 Å². The van der Waals surface area contributed by atoms with Crippen LogP contribution >= 0.6 is 86.9 Å². The number of nitrogens with zero attached hydrogens (tertiary/aromatic N) is 3. The first-order valence-electron chi connectivity index (χ1n) is 19.9. The summed E-state index contributed by atoms with van der Waals surface area (Å²) in [5.41, 5.74) is 0.130. The van der Waals surface area contributed by atoms with Crippen LogP contribution in [0.5, 0.6) is 0 Å². The Bertz CT molecular complexity index is 2290. The van der Waals surface area contributed by atoms with Gasteiger partial charge in [0.25, 0.3) is 11.8 Å². The van der Waals surface area contributed by atoms with Crippen LogP contribution in [-0.4, -0.2) is 76.6 Å². The molecular formula is C42H45Br4Cl2N5O10. The van der Waals surface area contributed by atoms with E-state index in [1.54, 1.807) is 0 Å². The van der Waals surface area contributed by atoms with Crippen LogP contribution in [0.1, 0.15) is 112 Å². The molecule has 3 atom stereocenters. The lowest BCUT2D eigenvalue weighted by Crippen LogP contribution is -2.37.